The van der Waals surface area contributed by atoms with Crippen molar-refractivity contribution < 1.29 is 4.79 Å². The quantitative estimate of drug-likeness (QED) is 0.915. The van der Waals surface area contributed by atoms with Crippen LogP contribution in [0.2, 0.25) is 0 Å². The van der Waals surface area contributed by atoms with E-state index in [0.29, 0.717) is 0 Å². The second-order valence-corrected chi connectivity index (χ2v) is 6.44. The van der Waals surface area contributed by atoms with Gasteiger partial charge in [-0.05, 0) is 56.5 Å². The predicted molar refractivity (Wildman–Crippen MR) is 90.2 cm³/mol. The van der Waals surface area contributed by atoms with E-state index in [1.807, 2.05) is 30.5 Å². The van der Waals surface area contributed by atoms with Crippen LogP contribution in [0.5, 0.6) is 0 Å². The largest absolute Gasteiger partial charge is 0.328 e. The number of nitrogens with one attached hydrogen (secondary N) is 2. The number of nitrogens with zero attached hydrogens (tertiary/aromatic N) is 2. The maximum Gasteiger partial charge on any atom is 0.228 e. The van der Waals surface area contributed by atoms with E-state index in [1.165, 1.54) is 18.5 Å². The number of amides is 1. The molecule has 1 aromatic heterocycles. The van der Waals surface area contributed by atoms with E-state index in [2.05, 4.69) is 20.2 Å². The molecule has 1 aromatic carbocycles. The van der Waals surface area contributed by atoms with E-state index >= 15 is 0 Å². The van der Waals surface area contributed by atoms with Crippen molar-refractivity contribution in [3.8, 4) is 11.4 Å². The van der Waals surface area contributed by atoms with E-state index in [1.54, 1.807) is 0 Å². The highest BCUT2D eigenvalue weighted by Gasteiger charge is 2.22. The van der Waals surface area contributed by atoms with Crippen LogP contribution >= 0.6 is 0 Å². The van der Waals surface area contributed by atoms with Crippen LogP contribution in [0, 0.1) is 5.92 Å². The van der Waals surface area contributed by atoms with Gasteiger partial charge in [-0.25, -0.2) is 4.98 Å². The lowest BCUT2D eigenvalue weighted by atomic mass is 10.1. The number of aromatic nitrogens is 2. The fraction of sp³-hybridized carbons (Fsp3) is 0.444. The van der Waals surface area contributed by atoms with Gasteiger partial charge in [0.15, 0.2) is 0 Å². The van der Waals surface area contributed by atoms with Crippen LogP contribution in [-0.2, 0) is 17.8 Å². The number of fused-ring (bicyclic) bond motifs is 1. The molecule has 0 bridgehead atoms. The van der Waals surface area contributed by atoms with Crippen molar-refractivity contribution >= 4 is 11.6 Å². The van der Waals surface area contributed by atoms with Crippen molar-refractivity contribution in [2.75, 3.05) is 18.4 Å². The first kappa shape index (κ1) is 14.5. The predicted octanol–water partition coefficient (Wildman–Crippen LogP) is 2.43. The second-order valence-electron chi connectivity index (χ2n) is 6.44. The fourth-order valence-corrected chi connectivity index (χ4v) is 3.49. The van der Waals surface area contributed by atoms with Gasteiger partial charge in [-0.15, -0.1) is 0 Å². The van der Waals surface area contributed by atoms with Crippen molar-refractivity contribution in [2.45, 2.75) is 32.2 Å². The molecule has 3 heterocycles. The van der Waals surface area contributed by atoms with Crippen LogP contribution in [0.3, 0.4) is 0 Å². The third-order valence-corrected chi connectivity index (χ3v) is 4.84. The summed E-state index contributed by atoms with van der Waals surface area (Å²) in [6, 6.07) is 8.04. The van der Waals surface area contributed by atoms with E-state index < -0.39 is 0 Å². The molecular formula is C18H22N4O. The highest BCUT2D eigenvalue weighted by Crippen LogP contribution is 2.25. The summed E-state index contributed by atoms with van der Waals surface area (Å²) in [5.41, 5.74) is 3.30. The smallest absolute Gasteiger partial charge is 0.228 e. The van der Waals surface area contributed by atoms with Gasteiger partial charge >= 0.3 is 0 Å². The first-order valence-corrected chi connectivity index (χ1v) is 8.48. The maximum atomic E-state index is 12.2. The summed E-state index contributed by atoms with van der Waals surface area (Å²) in [6.45, 7) is 2.77. The Labute approximate surface area is 136 Å². The average Bonchev–Trinajstić information content (AvgIpc) is 3.25. The standard InChI is InChI=1S/C18H22N4O/c23-18(14-8-9-19-11-14)21-15-6-4-13(5-7-15)17-20-12-16-3-1-2-10-22(16)17/h4-7,12,14,19H,1-3,8-11H2,(H,21,23). The van der Waals surface area contributed by atoms with E-state index in [-0.39, 0.29) is 11.8 Å². The van der Waals surface area contributed by atoms with E-state index in [4.69, 9.17) is 0 Å². The molecule has 2 aliphatic heterocycles. The SMILES string of the molecule is O=C(Nc1ccc(-c2ncc3n2CCCC3)cc1)C1CCNC1. The zero-order valence-electron chi connectivity index (χ0n) is 13.2. The van der Waals surface area contributed by atoms with E-state index in [0.717, 1.165) is 49.6 Å². The molecule has 23 heavy (non-hydrogen) atoms. The van der Waals surface area contributed by atoms with Crippen LogP contribution in [0.25, 0.3) is 11.4 Å². The van der Waals surface area contributed by atoms with Crippen molar-refractivity contribution in [3.63, 3.8) is 0 Å². The summed E-state index contributed by atoms with van der Waals surface area (Å²) in [5, 5.41) is 6.24. The van der Waals surface area contributed by atoms with Gasteiger partial charge in [0.2, 0.25) is 5.91 Å². The number of hydrogen-bond donors (Lipinski definition) is 2. The van der Waals surface area contributed by atoms with Crippen molar-refractivity contribution in [1.82, 2.24) is 14.9 Å². The zero-order valence-corrected chi connectivity index (χ0v) is 13.2. The van der Waals surface area contributed by atoms with E-state index in [9.17, 15) is 4.79 Å². The van der Waals surface area contributed by atoms with Crippen LogP contribution in [0.4, 0.5) is 5.69 Å². The van der Waals surface area contributed by atoms with Gasteiger partial charge in [-0.2, -0.15) is 0 Å². The lowest BCUT2D eigenvalue weighted by Gasteiger charge is -2.16. The minimum atomic E-state index is 0.0917. The first-order chi connectivity index (χ1) is 11.3. The third-order valence-electron chi connectivity index (χ3n) is 4.84. The number of anilines is 1. The molecule has 1 saturated heterocycles. The second kappa shape index (κ2) is 6.16. The summed E-state index contributed by atoms with van der Waals surface area (Å²) in [7, 11) is 0. The van der Waals surface area contributed by atoms with Crippen molar-refractivity contribution in [1.29, 1.82) is 0 Å². The minimum absolute atomic E-state index is 0.0917. The molecule has 2 aliphatic rings. The minimum Gasteiger partial charge on any atom is -0.328 e. The summed E-state index contributed by atoms with van der Waals surface area (Å²) in [5.74, 6) is 1.24. The molecule has 0 saturated carbocycles. The Morgan fingerprint density at radius 2 is 2.13 bits per heavy atom. The molecule has 1 unspecified atom stereocenters. The number of hydrogen-bond acceptors (Lipinski definition) is 3. The highest BCUT2D eigenvalue weighted by molar-refractivity contribution is 5.93. The molecule has 2 N–H and O–H groups in total. The average molecular weight is 310 g/mol. The normalized spacial score (nSPS) is 20.3. The topological polar surface area (TPSA) is 59.0 Å². The summed E-state index contributed by atoms with van der Waals surface area (Å²) in [4.78, 5) is 16.7. The summed E-state index contributed by atoms with van der Waals surface area (Å²) in [6.07, 6.45) is 6.52. The van der Waals surface area contributed by atoms with Crippen molar-refractivity contribution in [3.05, 3.63) is 36.2 Å². The number of imidazole rings is 1. The van der Waals surface area contributed by atoms with Crippen LogP contribution < -0.4 is 10.6 Å². The van der Waals surface area contributed by atoms with Gasteiger partial charge in [-0.1, -0.05) is 0 Å². The number of benzene rings is 1. The number of rotatable bonds is 3. The molecule has 2 aromatic rings. The number of aryl methyl sites for hydroxylation is 1. The molecule has 120 valence electrons. The van der Waals surface area contributed by atoms with Crippen LogP contribution in [0.15, 0.2) is 30.5 Å². The monoisotopic (exact) mass is 310 g/mol. The Bertz CT molecular complexity index is 698. The molecule has 1 atom stereocenters. The molecule has 1 amide bonds. The molecule has 0 aliphatic carbocycles. The summed E-state index contributed by atoms with van der Waals surface area (Å²) >= 11 is 0. The lowest BCUT2D eigenvalue weighted by Crippen LogP contribution is -2.24. The molecule has 5 nitrogen and oxygen atoms in total. The molecule has 0 spiro atoms. The molecule has 5 heteroatoms. The Kier molecular flexibility index (Phi) is 3.87. The number of carbonyl (C=O) groups excluding carboxylic acids is 1. The number of carbonyl (C=O) groups is 1. The molecule has 4 rings (SSSR count). The van der Waals surface area contributed by atoms with Gasteiger partial charge in [0.25, 0.3) is 0 Å². The van der Waals surface area contributed by atoms with Crippen LogP contribution in [0.1, 0.15) is 25.0 Å². The molecule has 0 radical (unpaired) electrons. The summed E-state index contributed by atoms with van der Waals surface area (Å²) < 4.78 is 2.32. The Morgan fingerprint density at radius 3 is 2.91 bits per heavy atom. The van der Waals surface area contributed by atoms with Gasteiger partial charge in [0.05, 0.1) is 5.92 Å². The van der Waals surface area contributed by atoms with Gasteiger partial charge in [0.1, 0.15) is 5.82 Å². The highest BCUT2D eigenvalue weighted by atomic mass is 16.1. The Morgan fingerprint density at radius 1 is 1.26 bits per heavy atom. The Hall–Kier alpha value is -2.14. The molecule has 1 fully saturated rings. The zero-order chi connectivity index (χ0) is 15.6. The van der Waals surface area contributed by atoms with Gasteiger partial charge in [0, 0.05) is 36.2 Å². The third kappa shape index (κ3) is 2.88. The van der Waals surface area contributed by atoms with Crippen molar-refractivity contribution in [2.24, 2.45) is 5.92 Å². The molecular weight excluding hydrogens is 288 g/mol. The fourth-order valence-electron chi connectivity index (χ4n) is 3.49. The first-order valence-electron chi connectivity index (χ1n) is 8.48. The Balaban J connectivity index is 1.49. The lowest BCUT2D eigenvalue weighted by molar-refractivity contribution is -0.119. The van der Waals surface area contributed by atoms with Gasteiger partial charge < -0.3 is 15.2 Å². The van der Waals surface area contributed by atoms with Gasteiger partial charge in [-0.3, -0.25) is 4.79 Å². The van der Waals surface area contributed by atoms with Crippen LogP contribution in [-0.4, -0.2) is 28.5 Å². The maximum absolute atomic E-state index is 12.2.